The number of nitrogens with zero attached hydrogens (tertiary/aromatic N) is 2. The molecule has 2 aromatic carbocycles. The SMILES string of the molecule is O=C(NCc1cccc(CN2CCOCC2)c1)C1CCN(Cc2ccccc2)CC1. The molecule has 0 spiro atoms. The lowest BCUT2D eigenvalue weighted by Crippen LogP contribution is -2.40. The number of ether oxygens (including phenoxy) is 1. The maximum atomic E-state index is 12.7. The monoisotopic (exact) mass is 407 g/mol. The molecule has 2 aliphatic rings. The number of amides is 1. The molecule has 30 heavy (non-hydrogen) atoms. The number of hydrogen-bond acceptors (Lipinski definition) is 4. The van der Waals surface area contributed by atoms with Gasteiger partial charge in [0.2, 0.25) is 5.91 Å². The van der Waals surface area contributed by atoms with Crippen LogP contribution in [0, 0.1) is 5.92 Å². The average Bonchev–Trinajstić information content (AvgIpc) is 2.80. The van der Waals surface area contributed by atoms with Crippen LogP contribution in [0.3, 0.4) is 0 Å². The first kappa shape index (κ1) is 21.0. The minimum Gasteiger partial charge on any atom is -0.379 e. The molecule has 0 aromatic heterocycles. The smallest absolute Gasteiger partial charge is 0.223 e. The van der Waals surface area contributed by atoms with Gasteiger partial charge in [-0.2, -0.15) is 0 Å². The third-order valence-corrected chi connectivity index (χ3v) is 6.18. The van der Waals surface area contributed by atoms with Gasteiger partial charge in [0.15, 0.2) is 0 Å². The summed E-state index contributed by atoms with van der Waals surface area (Å²) in [6.45, 7) is 8.13. The van der Waals surface area contributed by atoms with E-state index in [1.807, 2.05) is 0 Å². The third kappa shape index (κ3) is 6.14. The van der Waals surface area contributed by atoms with Crippen molar-refractivity contribution in [2.75, 3.05) is 39.4 Å². The lowest BCUT2D eigenvalue weighted by molar-refractivity contribution is -0.126. The molecule has 2 aromatic rings. The van der Waals surface area contributed by atoms with Gasteiger partial charge in [0, 0.05) is 38.6 Å². The lowest BCUT2D eigenvalue weighted by atomic mass is 9.95. The molecule has 2 saturated heterocycles. The fourth-order valence-corrected chi connectivity index (χ4v) is 4.38. The zero-order valence-electron chi connectivity index (χ0n) is 17.8. The second-order valence-electron chi connectivity index (χ2n) is 8.46. The molecular weight excluding hydrogens is 374 g/mol. The Bertz CT molecular complexity index is 797. The van der Waals surface area contributed by atoms with Crippen molar-refractivity contribution in [2.45, 2.75) is 32.5 Å². The summed E-state index contributed by atoms with van der Waals surface area (Å²) in [5.41, 5.74) is 3.82. The Balaban J connectivity index is 1.21. The minimum absolute atomic E-state index is 0.133. The molecule has 0 unspecified atom stereocenters. The molecular formula is C25H33N3O2. The average molecular weight is 408 g/mol. The van der Waals surface area contributed by atoms with E-state index in [-0.39, 0.29) is 11.8 Å². The molecule has 160 valence electrons. The number of hydrogen-bond donors (Lipinski definition) is 1. The Morgan fingerprint density at radius 1 is 0.833 bits per heavy atom. The predicted molar refractivity (Wildman–Crippen MR) is 119 cm³/mol. The number of morpholine rings is 1. The fourth-order valence-electron chi connectivity index (χ4n) is 4.38. The van der Waals surface area contributed by atoms with Gasteiger partial charge < -0.3 is 10.1 Å². The van der Waals surface area contributed by atoms with Gasteiger partial charge in [-0.15, -0.1) is 0 Å². The number of likely N-dealkylation sites (tertiary alicyclic amines) is 1. The summed E-state index contributed by atoms with van der Waals surface area (Å²) < 4.78 is 5.43. The Kier molecular flexibility index (Phi) is 7.51. The molecule has 0 radical (unpaired) electrons. The predicted octanol–water partition coefficient (Wildman–Crippen LogP) is 3.05. The van der Waals surface area contributed by atoms with Crippen LogP contribution in [0.25, 0.3) is 0 Å². The van der Waals surface area contributed by atoms with Crippen molar-refractivity contribution in [1.29, 1.82) is 0 Å². The van der Waals surface area contributed by atoms with Gasteiger partial charge in [0.25, 0.3) is 0 Å². The first-order chi connectivity index (χ1) is 14.8. The molecule has 5 heteroatoms. The zero-order chi connectivity index (χ0) is 20.6. The number of carbonyl (C=O) groups is 1. The maximum absolute atomic E-state index is 12.7. The van der Waals surface area contributed by atoms with Gasteiger partial charge in [-0.25, -0.2) is 0 Å². The zero-order valence-corrected chi connectivity index (χ0v) is 17.8. The number of rotatable bonds is 7. The van der Waals surface area contributed by atoms with Gasteiger partial charge in [0.05, 0.1) is 13.2 Å². The van der Waals surface area contributed by atoms with Crippen LogP contribution in [-0.4, -0.2) is 55.1 Å². The highest BCUT2D eigenvalue weighted by Gasteiger charge is 2.24. The first-order valence-electron chi connectivity index (χ1n) is 11.2. The van der Waals surface area contributed by atoms with Crippen molar-refractivity contribution in [2.24, 2.45) is 5.92 Å². The number of benzene rings is 2. The molecule has 4 rings (SSSR count). The molecule has 2 aliphatic heterocycles. The van der Waals surface area contributed by atoms with Crippen LogP contribution in [0.15, 0.2) is 54.6 Å². The Morgan fingerprint density at radius 2 is 1.47 bits per heavy atom. The topological polar surface area (TPSA) is 44.8 Å². The molecule has 0 atom stereocenters. The second kappa shape index (κ2) is 10.7. The van der Waals surface area contributed by atoms with Crippen molar-refractivity contribution in [3.63, 3.8) is 0 Å². The van der Waals surface area contributed by atoms with Crippen molar-refractivity contribution >= 4 is 5.91 Å². The molecule has 2 fully saturated rings. The van der Waals surface area contributed by atoms with Crippen LogP contribution in [0.5, 0.6) is 0 Å². The van der Waals surface area contributed by atoms with Gasteiger partial charge in [-0.3, -0.25) is 14.6 Å². The van der Waals surface area contributed by atoms with Crippen molar-refractivity contribution in [3.05, 3.63) is 71.3 Å². The summed E-state index contributed by atoms with van der Waals surface area (Å²) in [6.07, 6.45) is 1.88. The molecule has 5 nitrogen and oxygen atoms in total. The fraction of sp³-hybridized carbons (Fsp3) is 0.480. The molecule has 2 heterocycles. The van der Waals surface area contributed by atoms with E-state index in [9.17, 15) is 4.79 Å². The Morgan fingerprint density at radius 3 is 2.23 bits per heavy atom. The highest BCUT2D eigenvalue weighted by molar-refractivity contribution is 5.78. The first-order valence-corrected chi connectivity index (χ1v) is 11.2. The standard InChI is InChI=1S/C25H33N3O2/c29-25(24-9-11-27(12-10-24)19-21-5-2-1-3-6-21)26-18-22-7-4-8-23(17-22)20-28-13-15-30-16-14-28/h1-8,17,24H,9-16,18-20H2,(H,26,29). The van der Waals surface area contributed by atoms with E-state index in [4.69, 9.17) is 4.74 Å². The summed E-state index contributed by atoms with van der Waals surface area (Å²) in [5, 5.41) is 3.17. The van der Waals surface area contributed by atoms with Crippen molar-refractivity contribution in [1.82, 2.24) is 15.1 Å². The summed E-state index contributed by atoms with van der Waals surface area (Å²) in [4.78, 5) is 17.6. The third-order valence-electron chi connectivity index (χ3n) is 6.18. The molecule has 1 amide bonds. The lowest BCUT2D eigenvalue weighted by Gasteiger charge is -2.31. The number of nitrogens with one attached hydrogen (secondary N) is 1. The molecule has 0 bridgehead atoms. The van der Waals surface area contributed by atoms with E-state index in [0.29, 0.717) is 6.54 Å². The quantitative estimate of drug-likeness (QED) is 0.766. The van der Waals surface area contributed by atoms with Crippen LogP contribution in [0.2, 0.25) is 0 Å². The summed E-state index contributed by atoms with van der Waals surface area (Å²) in [6, 6.07) is 19.2. The Labute approximate surface area is 180 Å². The highest BCUT2D eigenvalue weighted by atomic mass is 16.5. The van der Waals surface area contributed by atoms with Crippen molar-refractivity contribution < 1.29 is 9.53 Å². The van der Waals surface area contributed by atoms with Gasteiger partial charge in [-0.05, 0) is 42.6 Å². The Hall–Kier alpha value is -2.21. The van der Waals surface area contributed by atoms with E-state index in [1.165, 1.54) is 16.7 Å². The van der Waals surface area contributed by atoms with Crippen LogP contribution in [0.4, 0.5) is 0 Å². The molecule has 1 N–H and O–H groups in total. The number of carbonyl (C=O) groups excluding carboxylic acids is 1. The highest BCUT2D eigenvalue weighted by Crippen LogP contribution is 2.19. The van der Waals surface area contributed by atoms with Gasteiger partial charge in [-0.1, -0.05) is 54.6 Å². The van der Waals surface area contributed by atoms with Crippen LogP contribution in [-0.2, 0) is 29.2 Å². The number of piperidine rings is 1. The minimum atomic E-state index is 0.133. The van der Waals surface area contributed by atoms with Crippen molar-refractivity contribution in [3.8, 4) is 0 Å². The van der Waals surface area contributed by atoms with E-state index >= 15 is 0 Å². The molecule has 0 saturated carbocycles. The van der Waals surface area contributed by atoms with E-state index in [0.717, 1.165) is 65.3 Å². The van der Waals surface area contributed by atoms with E-state index in [2.05, 4.69) is 69.7 Å². The summed E-state index contributed by atoms with van der Waals surface area (Å²) >= 11 is 0. The summed E-state index contributed by atoms with van der Waals surface area (Å²) in [7, 11) is 0. The van der Waals surface area contributed by atoms with Crippen LogP contribution in [0.1, 0.15) is 29.5 Å². The van der Waals surface area contributed by atoms with Crippen LogP contribution >= 0.6 is 0 Å². The normalized spacial score (nSPS) is 18.9. The van der Waals surface area contributed by atoms with Crippen LogP contribution < -0.4 is 5.32 Å². The van der Waals surface area contributed by atoms with Gasteiger partial charge in [0.1, 0.15) is 0 Å². The van der Waals surface area contributed by atoms with E-state index < -0.39 is 0 Å². The van der Waals surface area contributed by atoms with E-state index in [1.54, 1.807) is 0 Å². The summed E-state index contributed by atoms with van der Waals surface area (Å²) in [5.74, 6) is 0.335. The largest absolute Gasteiger partial charge is 0.379 e. The second-order valence-corrected chi connectivity index (χ2v) is 8.46. The van der Waals surface area contributed by atoms with Gasteiger partial charge >= 0.3 is 0 Å². The maximum Gasteiger partial charge on any atom is 0.223 e. The molecule has 0 aliphatic carbocycles.